The van der Waals surface area contributed by atoms with E-state index in [2.05, 4.69) is 17.1 Å². The Kier molecular flexibility index (Phi) is 5.44. The van der Waals surface area contributed by atoms with Gasteiger partial charge in [-0.15, -0.1) is 0 Å². The van der Waals surface area contributed by atoms with Crippen LogP contribution >= 0.6 is 0 Å². The molecule has 21 heavy (non-hydrogen) atoms. The van der Waals surface area contributed by atoms with E-state index in [4.69, 9.17) is 9.47 Å². The molecule has 1 aliphatic carbocycles. The third-order valence-corrected chi connectivity index (χ3v) is 3.80. The number of benzene rings is 1. The molecule has 0 radical (unpaired) electrons. The van der Waals surface area contributed by atoms with Crippen molar-refractivity contribution in [2.75, 3.05) is 33.9 Å². The Bertz CT molecular complexity index is 486. The van der Waals surface area contributed by atoms with E-state index in [0.717, 1.165) is 19.1 Å². The number of likely N-dealkylation sites (N-methyl/N-ethyl adjacent to an activating group) is 1. The fraction of sp³-hybridized carbons (Fsp3) is 0.562. The zero-order valence-electron chi connectivity index (χ0n) is 13.0. The van der Waals surface area contributed by atoms with Crippen LogP contribution in [0.3, 0.4) is 0 Å². The van der Waals surface area contributed by atoms with E-state index in [-0.39, 0.29) is 5.91 Å². The van der Waals surface area contributed by atoms with Crippen LogP contribution in [-0.2, 0) is 0 Å². The molecule has 0 aliphatic heterocycles. The van der Waals surface area contributed by atoms with Crippen molar-refractivity contribution >= 4 is 5.91 Å². The van der Waals surface area contributed by atoms with Crippen molar-refractivity contribution in [2.24, 2.45) is 0 Å². The first kappa shape index (κ1) is 15.6. The van der Waals surface area contributed by atoms with Gasteiger partial charge in [-0.2, -0.15) is 0 Å². The molecule has 0 saturated heterocycles. The highest BCUT2D eigenvalue weighted by Crippen LogP contribution is 2.27. The molecule has 1 amide bonds. The van der Waals surface area contributed by atoms with Crippen molar-refractivity contribution in [3.63, 3.8) is 0 Å². The average molecular weight is 292 g/mol. The minimum Gasteiger partial charge on any atom is -0.493 e. The molecule has 0 spiro atoms. The van der Waals surface area contributed by atoms with Crippen molar-refractivity contribution in [1.29, 1.82) is 0 Å². The van der Waals surface area contributed by atoms with Gasteiger partial charge in [0.2, 0.25) is 0 Å². The van der Waals surface area contributed by atoms with Gasteiger partial charge in [-0.25, -0.2) is 0 Å². The summed E-state index contributed by atoms with van der Waals surface area (Å²) >= 11 is 0. The Morgan fingerprint density at radius 2 is 2.00 bits per heavy atom. The van der Waals surface area contributed by atoms with Gasteiger partial charge in [0, 0.05) is 24.7 Å². The Morgan fingerprint density at radius 3 is 2.57 bits per heavy atom. The maximum atomic E-state index is 12.1. The van der Waals surface area contributed by atoms with Crippen LogP contribution in [0.15, 0.2) is 18.2 Å². The van der Waals surface area contributed by atoms with Crippen LogP contribution in [0.4, 0.5) is 0 Å². The van der Waals surface area contributed by atoms with Crippen LogP contribution in [0.25, 0.3) is 0 Å². The van der Waals surface area contributed by atoms with Crippen molar-refractivity contribution in [3.05, 3.63) is 23.8 Å². The number of rotatable bonds is 8. The van der Waals surface area contributed by atoms with Crippen LogP contribution in [0.5, 0.6) is 11.5 Å². The smallest absolute Gasteiger partial charge is 0.251 e. The molecular weight excluding hydrogens is 268 g/mol. The summed E-state index contributed by atoms with van der Waals surface area (Å²) in [6.07, 6.45) is 2.58. The highest BCUT2D eigenvalue weighted by Gasteiger charge is 2.27. The number of nitrogens with zero attached hydrogens (tertiary/aromatic N) is 1. The number of carbonyl (C=O) groups excluding carboxylic acids is 1. The Morgan fingerprint density at radius 1 is 1.29 bits per heavy atom. The fourth-order valence-corrected chi connectivity index (χ4v) is 2.43. The second kappa shape index (κ2) is 7.31. The standard InChI is InChI=1S/C16H24N2O3/c1-4-18(13-6-7-13)10-9-17-16(19)12-5-8-14(20-2)15(11-12)21-3/h5,8,11,13H,4,6-7,9-10H2,1-3H3,(H,17,19). The van der Waals surface area contributed by atoms with E-state index >= 15 is 0 Å². The maximum absolute atomic E-state index is 12.1. The molecule has 0 atom stereocenters. The molecule has 1 aliphatic rings. The van der Waals surface area contributed by atoms with Gasteiger partial charge in [-0.3, -0.25) is 9.69 Å². The quantitative estimate of drug-likeness (QED) is 0.795. The number of hydrogen-bond acceptors (Lipinski definition) is 4. The van der Waals surface area contributed by atoms with E-state index in [9.17, 15) is 4.79 Å². The molecule has 0 unspecified atom stereocenters. The first-order valence-electron chi connectivity index (χ1n) is 7.43. The third kappa shape index (κ3) is 4.11. The monoisotopic (exact) mass is 292 g/mol. The molecule has 0 bridgehead atoms. The van der Waals surface area contributed by atoms with E-state index in [0.29, 0.717) is 23.6 Å². The molecule has 0 aromatic heterocycles. The number of nitrogens with one attached hydrogen (secondary N) is 1. The van der Waals surface area contributed by atoms with E-state index in [1.54, 1.807) is 32.4 Å². The summed E-state index contributed by atoms with van der Waals surface area (Å²) in [4.78, 5) is 14.6. The summed E-state index contributed by atoms with van der Waals surface area (Å²) < 4.78 is 10.4. The summed E-state index contributed by atoms with van der Waals surface area (Å²) in [7, 11) is 3.14. The summed E-state index contributed by atoms with van der Waals surface area (Å²) in [5.41, 5.74) is 0.585. The van der Waals surface area contributed by atoms with Crippen LogP contribution in [0, 0.1) is 0 Å². The van der Waals surface area contributed by atoms with Crippen molar-refractivity contribution in [1.82, 2.24) is 10.2 Å². The zero-order valence-corrected chi connectivity index (χ0v) is 13.0. The first-order chi connectivity index (χ1) is 10.2. The van der Waals surface area contributed by atoms with Gasteiger partial charge < -0.3 is 14.8 Å². The molecule has 116 valence electrons. The summed E-state index contributed by atoms with van der Waals surface area (Å²) in [6.45, 7) is 4.77. The van der Waals surface area contributed by atoms with Gasteiger partial charge >= 0.3 is 0 Å². The molecule has 5 nitrogen and oxygen atoms in total. The number of carbonyl (C=O) groups is 1. The predicted octanol–water partition coefficient (Wildman–Crippen LogP) is 1.92. The fourth-order valence-electron chi connectivity index (χ4n) is 2.43. The Hall–Kier alpha value is -1.75. The zero-order chi connectivity index (χ0) is 15.2. The van der Waals surface area contributed by atoms with Gasteiger partial charge in [0.25, 0.3) is 5.91 Å². The molecule has 1 fully saturated rings. The van der Waals surface area contributed by atoms with Gasteiger partial charge in [-0.05, 0) is 37.6 Å². The highest BCUT2D eigenvalue weighted by atomic mass is 16.5. The summed E-state index contributed by atoms with van der Waals surface area (Å²) in [5.74, 6) is 1.11. The third-order valence-electron chi connectivity index (χ3n) is 3.80. The summed E-state index contributed by atoms with van der Waals surface area (Å²) in [6, 6.07) is 5.92. The molecule has 2 rings (SSSR count). The van der Waals surface area contributed by atoms with Crippen molar-refractivity contribution in [2.45, 2.75) is 25.8 Å². The molecule has 1 saturated carbocycles. The van der Waals surface area contributed by atoms with Gasteiger partial charge in [0.05, 0.1) is 14.2 Å². The van der Waals surface area contributed by atoms with E-state index < -0.39 is 0 Å². The largest absolute Gasteiger partial charge is 0.493 e. The molecule has 1 N–H and O–H groups in total. The SMILES string of the molecule is CCN(CCNC(=O)c1ccc(OC)c(OC)c1)C1CC1. The molecule has 1 aromatic rings. The molecular formula is C16H24N2O3. The lowest BCUT2D eigenvalue weighted by molar-refractivity contribution is 0.0947. The van der Waals surface area contributed by atoms with Crippen molar-refractivity contribution < 1.29 is 14.3 Å². The lowest BCUT2D eigenvalue weighted by atomic mass is 10.2. The van der Waals surface area contributed by atoms with E-state index in [1.807, 2.05) is 0 Å². The predicted molar refractivity (Wildman–Crippen MR) is 82.1 cm³/mol. The van der Waals surface area contributed by atoms with Crippen LogP contribution in [0.2, 0.25) is 0 Å². The topological polar surface area (TPSA) is 50.8 Å². The lowest BCUT2D eigenvalue weighted by Crippen LogP contribution is -2.36. The molecule has 1 aromatic carbocycles. The Balaban J connectivity index is 1.87. The summed E-state index contributed by atoms with van der Waals surface area (Å²) in [5, 5.41) is 2.96. The van der Waals surface area contributed by atoms with Crippen LogP contribution < -0.4 is 14.8 Å². The Labute approximate surface area is 126 Å². The normalized spacial score (nSPS) is 14.1. The van der Waals surface area contributed by atoms with Gasteiger partial charge in [0.1, 0.15) is 0 Å². The van der Waals surface area contributed by atoms with E-state index in [1.165, 1.54) is 12.8 Å². The molecule has 0 heterocycles. The number of ether oxygens (including phenoxy) is 2. The number of hydrogen-bond donors (Lipinski definition) is 1. The average Bonchev–Trinajstić information content (AvgIpc) is 3.35. The van der Waals surface area contributed by atoms with Crippen LogP contribution in [-0.4, -0.2) is 50.7 Å². The second-order valence-electron chi connectivity index (χ2n) is 5.19. The van der Waals surface area contributed by atoms with Crippen molar-refractivity contribution in [3.8, 4) is 11.5 Å². The molecule has 5 heteroatoms. The second-order valence-corrected chi connectivity index (χ2v) is 5.19. The highest BCUT2D eigenvalue weighted by molar-refractivity contribution is 5.94. The van der Waals surface area contributed by atoms with Gasteiger partial charge in [0.15, 0.2) is 11.5 Å². The number of amides is 1. The number of methoxy groups -OCH3 is 2. The maximum Gasteiger partial charge on any atom is 0.251 e. The van der Waals surface area contributed by atoms with Crippen LogP contribution in [0.1, 0.15) is 30.1 Å². The first-order valence-corrected chi connectivity index (χ1v) is 7.43. The minimum atomic E-state index is -0.0807. The minimum absolute atomic E-state index is 0.0807. The van der Waals surface area contributed by atoms with Gasteiger partial charge in [-0.1, -0.05) is 6.92 Å². The lowest BCUT2D eigenvalue weighted by Gasteiger charge is -2.19.